The number of rotatable bonds is 0. The van der Waals surface area contributed by atoms with Gasteiger partial charge in [-0.1, -0.05) is 13.8 Å². The summed E-state index contributed by atoms with van der Waals surface area (Å²) in [4.78, 5) is 0. The molecule has 0 spiro atoms. The van der Waals surface area contributed by atoms with Gasteiger partial charge in [0.25, 0.3) is 0 Å². The van der Waals surface area contributed by atoms with Gasteiger partial charge in [0.1, 0.15) is 0 Å². The van der Waals surface area contributed by atoms with E-state index >= 15 is 0 Å². The first-order valence-corrected chi connectivity index (χ1v) is 3.62. The van der Waals surface area contributed by atoms with Crippen LogP contribution in [-0.4, -0.2) is 11.0 Å². The Hall–Kier alpha value is -0.110. The molecule has 0 aromatic heterocycles. The Labute approximate surface area is 55.9 Å². The molecule has 0 aromatic carbocycles. The Balaban J connectivity index is 0.000000291. The van der Waals surface area contributed by atoms with Gasteiger partial charge in [0.2, 0.25) is 5.85 Å². The maximum absolute atomic E-state index is 12.2. The normalized spacial score (nSPS) is 22.7. The van der Waals surface area contributed by atoms with Gasteiger partial charge in [-0.05, 0) is 12.8 Å². The molecule has 0 aromatic rings. The van der Waals surface area contributed by atoms with Crippen LogP contribution >= 0.6 is 0 Å². The highest BCUT2D eigenvalue weighted by Crippen LogP contribution is 2.29. The van der Waals surface area contributed by atoms with Gasteiger partial charge in [0.05, 0.1) is 0 Å². The van der Waals surface area contributed by atoms with Gasteiger partial charge in [0, 0.05) is 12.8 Å². The van der Waals surface area contributed by atoms with Crippen molar-refractivity contribution in [3.63, 3.8) is 0 Å². The van der Waals surface area contributed by atoms with Gasteiger partial charge < -0.3 is 5.11 Å². The standard InChI is InChI=1S/C5H9FO.C2H6/c6-5(7)3-1-2-4-5;1-2/h7H,1-4H2;1-2H3. The molecule has 0 bridgehead atoms. The van der Waals surface area contributed by atoms with Crippen molar-refractivity contribution in [1.29, 1.82) is 0 Å². The van der Waals surface area contributed by atoms with Gasteiger partial charge in [-0.2, -0.15) is 0 Å². The largest absolute Gasteiger partial charge is 0.362 e. The number of hydrogen-bond donors (Lipinski definition) is 1. The topological polar surface area (TPSA) is 20.2 Å². The van der Waals surface area contributed by atoms with Crippen molar-refractivity contribution in [2.75, 3.05) is 0 Å². The number of hydrogen-bond acceptors (Lipinski definition) is 1. The van der Waals surface area contributed by atoms with Crippen LogP contribution in [0.1, 0.15) is 39.5 Å². The molecule has 1 saturated carbocycles. The van der Waals surface area contributed by atoms with Crippen LogP contribution in [0.5, 0.6) is 0 Å². The lowest BCUT2D eigenvalue weighted by Crippen LogP contribution is -2.14. The van der Waals surface area contributed by atoms with E-state index < -0.39 is 5.85 Å². The lowest BCUT2D eigenvalue weighted by molar-refractivity contribution is -0.0801. The summed E-state index contributed by atoms with van der Waals surface area (Å²) in [6.45, 7) is 4.00. The minimum atomic E-state index is -1.81. The second kappa shape index (κ2) is 3.83. The highest BCUT2D eigenvalue weighted by molar-refractivity contribution is 4.72. The summed E-state index contributed by atoms with van der Waals surface area (Å²) in [5.74, 6) is -1.81. The third-order valence-electron chi connectivity index (χ3n) is 1.37. The fraction of sp³-hybridized carbons (Fsp3) is 1.00. The van der Waals surface area contributed by atoms with E-state index in [1.165, 1.54) is 0 Å². The van der Waals surface area contributed by atoms with Crippen LogP contribution in [0.3, 0.4) is 0 Å². The van der Waals surface area contributed by atoms with Gasteiger partial charge in [-0.25, -0.2) is 4.39 Å². The molecule has 1 N–H and O–H groups in total. The van der Waals surface area contributed by atoms with E-state index in [0.29, 0.717) is 12.8 Å². The highest BCUT2D eigenvalue weighted by atomic mass is 19.2. The Morgan fingerprint density at radius 2 is 1.56 bits per heavy atom. The zero-order valence-corrected chi connectivity index (χ0v) is 6.15. The van der Waals surface area contributed by atoms with E-state index in [2.05, 4.69) is 0 Å². The van der Waals surface area contributed by atoms with E-state index in [0.717, 1.165) is 12.8 Å². The summed E-state index contributed by atoms with van der Waals surface area (Å²) in [6.07, 6.45) is 2.36. The first kappa shape index (κ1) is 8.89. The third kappa shape index (κ3) is 3.46. The van der Waals surface area contributed by atoms with Crippen LogP contribution in [0.25, 0.3) is 0 Å². The van der Waals surface area contributed by atoms with E-state index in [1.54, 1.807) is 0 Å². The van der Waals surface area contributed by atoms with Crippen LogP contribution in [-0.2, 0) is 0 Å². The van der Waals surface area contributed by atoms with Crippen molar-refractivity contribution in [1.82, 2.24) is 0 Å². The van der Waals surface area contributed by atoms with E-state index in [9.17, 15) is 4.39 Å². The Morgan fingerprint density at radius 1 is 1.22 bits per heavy atom. The monoisotopic (exact) mass is 134 g/mol. The Bertz CT molecular complexity index is 63.3. The maximum atomic E-state index is 12.2. The van der Waals surface area contributed by atoms with Crippen molar-refractivity contribution in [2.45, 2.75) is 45.4 Å². The SMILES string of the molecule is CC.OC1(F)CCCC1. The van der Waals surface area contributed by atoms with Crippen LogP contribution < -0.4 is 0 Å². The Kier molecular flexibility index (Phi) is 3.78. The van der Waals surface area contributed by atoms with E-state index in [-0.39, 0.29) is 0 Å². The summed E-state index contributed by atoms with van der Waals surface area (Å²) >= 11 is 0. The average Bonchev–Trinajstić information content (AvgIpc) is 2.19. The third-order valence-corrected chi connectivity index (χ3v) is 1.37. The summed E-state index contributed by atoms with van der Waals surface area (Å²) in [7, 11) is 0. The molecule has 0 radical (unpaired) electrons. The number of halogens is 1. The quantitative estimate of drug-likeness (QED) is 0.538. The molecule has 0 unspecified atom stereocenters. The summed E-state index contributed by atoms with van der Waals surface area (Å²) in [5, 5.41) is 8.53. The predicted molar refractivity (Wildman–Crippen MR) is 35.9 cm³/mol. The molecule has 1 fully saturated rings. The van der Waals surface area contributed by atoms with Crippen molar-refractivity contribution in [2.24, 2.45) is 0 Å². The first-order chi connectivity index (χ1) is 4.21. The molecule has 9 heavy (non-hydrogen) atoms. The molecule has 1 aliphatic rings. The molecule has 1 nitrogen and oxygen atoms in total. The minimum Gasteiger partial charge on any atom is -0.362 e. The van der Waals surface area contributed by atoms with Crippen LogP contribution in [0.4, 0.5) is 4.39 Å². The fourth-order valence-electron chi connectivity index (χ4n) is 0.917. The molecule has 1 rings (SSSR count). The lowest BCUT2D eigenvalue weighted by Gasteiger charge is -2.07. The van der Waals surface area contributed by atoms with Crippen molar-refractivity contribution < 1.29 is 9.50 Å². The van der Waals surface area contributed by atoms with Crippen molar-refractivity contribution in [3.05, 3.63) is 0 Å². The molecular weight excluding hydrogens is 119 g/mol. The summed E-state index contributed by atoms with van der Waals surface area (Å²) in [5.41, 5.74) is 0. The second-order valence-corrected chi connectivity index (χ2v) is 2.13. The highest BCUT2D eigenvalue weighted by Gasteiger charge is 2.29. The first-order valence-electron chi connectivity index (χ1n) is 3.62. The second-order valence-electron chi connectivity index (χ2n) is 2.13. The molecule has 0 atom stereocenters. The molecule has 2 heteroatoms. The van der Waals surface area contributed by atoms with E-state index in [1.807, 2.05) is 13.8 Å². The van der Waals surface area contributed by atoms with Gasteiger partial charge >= 0.3 is 0 Å². The summed E-state index contributed by atoms with van der Waals surface area (Å²) < 4.78 is 12.2. The van der Waals surface area contributed by atoms with Gasteiger partial charge in [-0.15, -0.1) is 0 Å². The number of alkyl halides is 1. The molecular formula is C7H15FO. The molecule has 1 aliphatic carbocycles. The smallest absolute Gasteiger partial charge is 0.206 e. The van der Waals surface area contributed by atoms with E-state index in [4.69, 9.17) is 5.11 Å². The van der Waals surface area contributed by atoms with Crippen LogP contribution in [0, 0.1) is 0 Å². The molecule has 0 amide bonds. The zero-order chi connectivity index (χ0) is 7.33. The molecule has 0 saturated heterocycles. The molecule has 56 valence electrons. The predicted octanol–water partition coefficient (Wildman–Crippen LogP) is 2.24. The van der Waals surface area contributed by atoms with Crippen LogP contribution in [0.2, 0.25) is 0 Å². The molecule has 0 heterocycles. The van der Waals surface area contributed by atoms with Gasteiger partial charge in [0.15, 0.2) is 0 Å². The molecule has 0 aliphatic heterocycles. The average molecular weight is 134 g/mol. The minimum absolute atomic E-state index is 0.340. The van der Waals surface area contributed by atoms with Crippen molar-refractivity contribution >= 4 is 0 Å². The maximum Gasteiger partial charge on any atom is 0.206 e. The lowest BCUT2D eigenvalue weighted by atomic mass is 10.3. The Morgan fingerprint density at radius 3 is 1.67 bits per heavy atom. The van der Waals surface area contributed by atoms with Crippen LogP contribution in [0.15, 0.2) is 0 Å². The fourth-order valence-corrected chi connectivity index (χ4v) is 0.917. The summed E-state index contributed by atoms with van der Waals surface area (Å²) in [6, 6.07) is 0. The zero-order valence-electron chi connectivity index (χ0n) is 6.15. The number of aliphatic hydroxyl groups is 1. The van der Waals surface area contributed by atoms with Crippen molar-refractivity contribution in [3.8, 4) is 0 Å². The van der Waals surface area contributed by atoms with Gasteiger partial charge in [-0.3, -0.25) is 0 Å².